The Kier molecular flexibility index (Phi) is 5.09. The minimum absolute atomic E-state index is 0.0819. The molecule has 6 nitrogen and oxygen atoms in total. The van der Waals surface area contributed by atoms with Gasteiger partial charge in [-0.05, 0) is 30.7 Å². The second-order valence-electron chi connectivity index (χ2n) is 4.69. The Hall–Kier alpha value is -2.71. The molecule has 0 spiro atoms. The van der Waals surface area contributed by atoms with Crippen LogP contribution in [0.1, 0.15) is 6.42 Å². The van der Waals surface area contributed by atoms with Crippen molar-refractivity contribution < 1.29 is 17.9 Å². The lowest BCUT2D eigenvalue weighted by Crippen LogP contribution is -2.40. The number of hydrogen-bond donors (Lipinski definition) is 2. The van der Waals surface area contributed by atoms with Crippen LogP contribution in [0.2, 0.25) is 0 Å². The maximum atomic E-state index is 12.1. The third-order valence-corrected chi connectivity index (χ3v) is 2.93. The van der Waals surface area contributed by atoms with Gasteiger partial charge in [-0.3, -0.25) is 0 Å². The van der Waals surface area contributed by atoms with Crippen LogP contribution in [-0.4, -0.2) is 36.3 Å². The van der Waals surface area contributed by atoms with E-state index >= 15 is 0 Å². The molecular weight excluding hydrogens is 311 g/mol. The molecule has 1 aliphatic heterocycles. The average Bonchev–Trinajstić information content (AvgIpc) is 2.48. The van der Waals surface area contributed by atoms with Crippen molar-refractivity contribution in [3.05, 3.63) is 36.4 Å². The first-order valence-corrected chi connectivity index (χ1v) is 6.77. The highest BCUT2D eigenvalue weighted by Gasteiger charge is 2.30. The van der Waals surface area contributed by atoms with Gasteiger partial charge in [-0.2, -0.15) is 4.99 Å². The lowest BCUT2D eigenvalue weighted by molar-refractivity contribution is -0.274. The van der Waals surface area contributed by atoms with Gasteiger partial charge in [0, 0.05) is 13.1 Å². The fraction of sp³-hybridized carbons (Fsp3) is 0.286. The number of nitrogens with zero attached hydrogens (tertiary/aromatic N) is 3. The van der Waals surface area contributed by atoms with Gasteiger partial charge in [-0.15, -0.1) is 13.2 Å². The number of halogens is 3. The predicted octanol–water partition coefficient (Wildman–Crippen LogP) is 2.11. The smallest absolute Gasteiger partial charge is 0.406 e. The van der Waals surface area contributed by atoms with E-state index in [9.17, 15) is 13.2 Å². The molecule has 1 aromatic rings. The van der Waals surface area contributed by atoms with E-state index in [1.807, 2.05) is 17.1 Å². The summed E-state index contributed by atoms with van der Waals surface area (Å²) in [6.07, 6.45) is 0.157. The molecule has 9 heteroatoms. The Bertz CT molecular complexity index is 622. The third-order valence-electron chi connectivity index (χ3n) is 2.93. The van der Waals surface area contributed by atoms with Crippen LogP contribution in [0, 0.1) is 0 Å². The van der Waals surface area contributed by atoms with E-state index in [0.717, 1.165) is 25.1 Å². The molecule has 0 unspecified atom stereocenters. The standard InChI is InChI=1S/C14H16F3N5O/c15-14(16,17)23-11-6-4-10(5-7-11)20-12(18)21-13(19)22-8-2-1-3-9-22/h1-2,4-7H,3,8-9H2,(H4,18,19,20,21). The number of guanidine groups is 2. The Morgan fingerprint density at radius 3 is 2.39 bits per heavy atom. The molecule has 0 amide bonds. The summed E-state index contributed by atoms with van der Waals surface area (Å²) in [5, 5.41) is 0. The van der Waals surface area contributed by atoms with Crippen molar-refractivity contribution in [3.8, 4) is 5.75 Å². The van der Waals surface area contributed by atoms with Crippen LogP contribution < -0.4 is 16.2 Å². The molecule has 1 heterocycles. The maximum Gasteiger partial charge on any atom is 0.573 e. The topological polar surface area (TPSA) is 89.2 Å². The van der Waals surface area contributed by atoms with Crippen LogP contribution >= 0.6 is 0 Å². The Morgan fingerprint density at radius 2 is 1.83 bits per heavy atom. The van der Waals surface area contributed by atoms with Gasteiger partial charge in [0.2, 0.25) is 5.96 Å². The molecule has 0 bridgehead atoms. The number of hydrogen-bond acceptors (Lipinski definition) is 2. The molecule has 4 N–H and O–H groups in total. The van der Waals surface area contributed by atoms with Crippen molar-refractivity contribution in [3.63, 3.8) is 0 Å². The number of aliphatic imine (C=N–C) groups is 2. The van der Waals surface area contributed by atoms with Crippen LogP contribution in [0.4, 0.5) is 18.9 Å². The normalized spacial score (nSPS) is 16.6. The minimum Gasteiger partial charge on any atom is -0.406 e. The lowest BCUT2D eigenvalue weighted by atomic mass is 10.3. The fourth-order valence-electron chi connectivity index (χ4n) is 1.92. The van der Waals surface area contributed by atoms with Crippen LogP contribution in [0.15, 0.2) is 46.4 Å². The summed E-state index contributed by atoms with van der Waals surface area (Å²) >= 11 is 0. The second kappa shape index (κ2) is 7.03. The quantitative estimate of drug-likeness (QED) is 0.494. The number of ether oxygens (including phenoxy) is 1. The molecule has 1 aromatic carbocycles. The average molecular weight is 327 g/mol. The summed E-state index contributed by atoms with van der Waals surface area (Å²) in [4.78, 5) is 9.79. The second-order valence-corrected chi connectivity index (χ2v) is 4.69. The SMILES string of the molecule is NC(=Nc1ccc(OC(F)(F)F)cc1)N=C(N)N1CC=CCC1. The summed E-state index contributed by atoms with van der Waals surface area (Å²) in [6.45, 7) is 1.38. The molecule has 0 atom stereocenters. The van der Waals surface area contributed by atoms with Gasteiger partial charge >= 0.3 is 6.36 Å². The molecule has 0 saturated heterocycles. The van der Waals surface area contributed by atoms with Crippen LogP contribution in [0.5, 0.6) is 5.75 Å². The predicted molar refractivity (Wildman–Crippen MR) is 81.4 cm³/mol. The van der Waals surface area contributed by atoms with Crippen molar-refractivity contribution in [2.75, 3.05) is 13.1 Å². The minimum atomic E-state index is -4.73. The van der Waals surface area contributed by atoms with Gasteiger partial charge in [0.05, 0.1) is 5.69 Å². The Balaban J connectivity index is 2.04. The van der Waals surface area contributed by atoms with Crippen molar-refractivity contribution in [2.45, 2.75) is 12.8 Å². The molecule has 2 rings (SSSR count). The van der Waals surface area contributed by atoms with E-state index in [2.05, 4.69) is 14.7 Å². The van der Waals surface area contributed by atoms with Gasteiger partial charge in [0.1, 0.15) is 5.75 Å². The highest BCUT2D eigenvalue weighted by Crippen LogP contribution is 2.24. The van der Waals surface area contributed by atoms with E-state index in [4.69, 9.17) is 11.5 Å². The zero-order valence-corrected chi connectivity index (χ0v) is 12.1. The molecule has 1 aliphatic rings. The van der Waals surface area contributed by atoms with Crippen LogP contribution in [0.25, 0.3) is 0 Å². The van der Waals surface area contributed by atoms with Crippen molar-refractivity contribution in [2.24, 2.45) is 21.5 Å². The van der Waals surface area contributed by atoms with Gasteiger partial charge in [0.15, 0.2) is 5.96 Å². The van der Waals surface area contributed by atoms with E-state index in [0.29, 0.717) is 12.2 Å². The zero-order valence-electron chi connectivity index (χ0n) is 12.1. The van der Waals surface area contributed by atoms with Gasteiger partial charge < -0.3 is 21.1 Å². The first kappa shape index (κ1) is 16.7. The largest absolute Gasteiger partial charge is 0.573 e. The molecule has 0 saturated carbocycles. The molecule has 0 aromatic heterocycles. The maximum absolute atomic E-state index is 12.1. The van der Waals surface area contributed by atoms with Crippen molar-refractivity contribution in [1.82, 2.24) is 4.90 Å². The highest BCUT2D eigenvalue weighted by atomic mass is 19.4. The number of alkyl halides is 3. The first-order chi connectivity index (χ1) is 10.8. The number of benzene rings is 1. The summed E-state index contributed by atoms with van der Waals surface area (Å²) in [7, 11) is 0. The van der Waals surface area contributed by atoms with Gasteiger partial charge in [-0.1, -0.05) is 12.2 Å². The summed E-state index contributed by atoms with van der Waals surface area (Å²) < 4.78 is 39.9. The van der Waals surface area contributed by atoms with Crippen LogP contribution in [0.3, 0.4) is 0 Å². The van der Waals surface area contributed by atoms with Crippen LogP contribution in [-0.2, 0) is 0 Å². The molecule has 124 valence electrons. The number of nitrogens with two attached hydrogens (primary N) is 2. The number of rotatable bonds is 2. The fourth-order valence-corrected chi connectivity index (χ4v) is 1.92. The van der Waals surface area contributed by atoms with Gasteiger partial charge in [-0.25, -0.2) is 4.99 Å². The monoisotopic (exact) mass is 327 g/mol. The zero-order chi connectivity index (χ0) is 16.9. The third kappa shape index (κ3) is 5.53. The van der Waals surface area contributed by atoms with E-state index in [1.165, 1.54) is 12.1 Å². The van der Waals surface area contributed by atoms with E-state index in [1.54, 1.807) is 0 Å². The first-order valence-electron chi connectivity index (χ1n) is 6.77. The van der Waals surface area contributed by atoms with E-state index < -0.39 is 6.36 Å². The molecule has 23 heavy (non-hydrogen) atoms. The van der Waals surface area contributed by atoms with Crippen molar-refractivity contribution >= 4 is 17.6 Å². The molecular formula is C14H16F3N5O. The Morgan fingerprint density at radius 1 is 1.13 bits per heavy atom. The highest BCUT2D eigenvalue weighted by molar-refractivity contribution is 5.94. The van der Waals surface area contributed by atoms with Crippen molar-refractivity contribution in [1.29, 1.82) is 0 Å². The summed E-state index contributed by atoms with van der Waals surface area (Å²) in [5.74, 6) is -0.174. The van der Waals surface area contributed by atoms with Gasteiger partial charge in [0.25, 0.3) is 0 Å². The van der Waals surface area contributed by atoms with E-state index in [-0.39, 0.29) is 17.7 Å². The summed E-state index contributed by atoms with van der Waals surface area (Å²) in [5.41, 5.74) is 11.9. The summed E-state index contributed by atoms with van der Waals surface area (Å²) in [6, 6.07) is 4.96. The molecule has 0 aliphatic carbocycles. The molecule has 0 radical (unpaired) electrons. The molecule has 0 fully saturated rings. The lowest BCUT2D eigenvalue weighted by Gasteiger charge is -2.23. The Labute approximate surface area is 130 Å².